The molecule has 0 saturated heterocycles. The summed E-state index contributed by atoms with van der Waals surface area (Å²) in [6.45, 7) is 4.44. The van der Waals surface area contributed by atoms with Crippen molar-refractivity contribution in [1.82, 2.24) is 29.9 Å². The Balaban J connectivity index is 1.47. The molecular weight excluding hydrogens is 422 g/mol. The summed E-state index contributed by atoms with van der Waals surface area (Å²) in [5.74, 6) is -0.130. The number of carboxylic acids is 1. The van der Waals surface area contributed by atoms with Crippen LogP contribution in [0.4, 0.5) is 5.82 Å². The summed E-state index contributed by atoms with van der Waals surface area (Å²) in [4.78, 5) is 30.8. The number of anilines is 1. The van der Waals surface area contributed by atoms with E-state index in [0.29, 0.717) is 40.7 Å². The van der Waals surface area contributed by atoms with Crippen LogP contribution in [0, 0.1) is 0 Å². The normalized spacial score (nSPS) is 12.9. The predicted molar refractivity (Wildman–Crippen MR) is 119 cm³/mol. The van der Waals surface area contributed by atoms with Crippen LogP contribution in [0.15, 0.2) is 55.0 Å². The standard InChI is InChI=1S/C23H19N7O3/c1-13(2)30-12-25-28-21(30)18-4-3-5-20(26-18)29-11-15-7-6-14(8-17(15)22(29)31)19-9-16(23(32)33)10-24-27-19/h3-10,12-13H,11H2,1-2H3,(H,32,33). The Bertz CT molecular complexity index is 1400. The Hall–Kier alpha value is -4.47. The quantitative estimate of drug-likeness (QED) is 0.500. The Morgan fingerprint density at radius 2 is 1.91 bits per heavy atom. The molecule has 0 spiro atoms. The minimum Gasteiger partial charge on any atom is -0.478 e. The molecule has 1 aromatic carbocycles. The van der Waals surface area contributed by atoms with Crippen molar-refractivity contribution in [1.29, 1.82) is 0 Å². The zero-order valence-corrected chi connectivity index (χ0v) is 17.9. The molecule has 0 atom stereocenters. The number of rotatable bonds is 5. The molecular formula is C23H19N7O3. The van der Waals surface area contributed by atoms with Gasteiger partial charge in [-0.15, -0.1) is 10.2 Å². The van der Waals surface area contributed by atoms with Gasteiger partial charge in [-0.25, -0.2) is 9.78 Å². The maximum Gasteiger partial charge on any atom is 0.337 e. The summed E-state index contributed by atoms with van der Waals surface area (Å²) < 4.78 is 1.92. The van der Waals surface area contributed by atoms with Gasteiger partial charge >= 0.3 is 5.97 Å². The van der Waals surface area contributed by atoms with Gasteiger partial charge in [0.25, 0.3) is 5.91 Å². The molecule has 1 N–H and O–H groups in total. The summed E-state index contributed by atoms with van der Waals surface area (Å²) in [5, 5.41) is 25.2. The number of carbonyl (C=O) groups excluding carboxylic acids is 1. The lowest BCUT2D eigenvalue weighted by atomic mass is 10.0. The van der Waals surface area contributed by atoms with Gasteiger partial charge in [0.15, 0.2) is 5.82 Å². The number of hydrogen-bond donors (Lipinski definition) is 1. The van der Waals surface area contributed by atoms with Crippen LogP contribution in [0.1, 0.15) is 46.2 Å². The van der Waals surface area contributed by atoms with Crippen molar-refractivity contribution >= 4 is 17.7 Å². The average molecular weight is 441 g/mol. The number of benzene rings is 1. The molecule has 1 amide bonds. The molecule has 164 valence electrons. The molecule has 3 aromatic heterocycles. The maximum atomic E-state index is 13.3. The van der Waals surface area contributed by atoms with E-state index in [-0.39, 0.29) is 17.5 Å². The van der Waals surface area contributed by atoms with Crippen LogP contribution < -0.4 is 4.90 Å². The maximum absolute atomic E-state index is 13.3. The molecule has 10 nitrogen and oxygen atoms in total. The number of hydrogen-bond acceptors (Lipinski definition) is 7. The van der Waals surface area contributed by atoms with Crippen LogP contribution in [0.25, 0.3) is 22.8 Å². The number of pyridine rings is 1. The summed E-state index contributed by atoms with van der Waals surface area (Å²) in [5.41, 5.74) is 3.03. The van der Waals surface area contributed by atoms with Gasteiger partial charge in [-0.3, -0.25) is 9.69 Å². The second-order valence-corrected chi connectivity index (χ2v) is 7.93. The highest BCUT2D eigenvalue weighted by Gasteiger charge is 2.30. The van der Waals surface area contributed by atoms with Crippen LogP contribution in [-0.2, 0) is 6.54 Å². The number of aromatic nitrogens is 6. The lowest BCUT2D eigenvalue weighted by Gasteiger charge is -2.16. The topological polar surface area (TPSA) is 127 Å². The molecule has 1 aliphatic rings. The highest BCUT2D eigenvalue weighted by molar-refractivity contribution is 6.10. The van der Waals surface area contributed by atoms with E-state index in [2.05, 4.69) is 25.4 Å². The van der Waals surface area contributed by atoms with Gasteiger partial charge < -0.3 is 9.67 Å². The number of nitrogens with zero attached hydrogens (tertiary/aromatic N) is 7. The Morgan fingerprint density at radius 3 is 2.70 bits per heavy atom. The fraction of sp³-hybridized carbons (Fsp3) is 0.174. The molecule has 0 unspecified atom stereocenters. The fourth-order valence-corrected chi connectivity index (χ4v) is 3.77. The highest BCUT2D eigenvalue weighted by atomic mass is 16.4. The Kier molecular flexibility index (Phi) is 4.89. The number of carbonyl (C=O) groups is 2. The average Bonchev–Trinajstić information content (AvgIpc) is 3.44. The second-order valence-electron chi connectivity index (χ2n) is 7.93. The highest BCUT2D eigenvalue weighted by Crippen LogP contribution is 2.31. The van der Waals surface area contributed by atoms with Crippen molar-refractivity contribution in [3.8, 4) is 22.8 Å². The molecule has 0 aliphatic carbocycles. The minimum absolute atomic E-state index is 0.0312. The predicted octanol–water partition coefficient (Wildman–Crippen LogP) is 3.24. The third-order valence-electron chi connectivity index (χ3n) is 5.48. The molecule has 4 heterocycles. The molecule has 0 saturated carbocycles. The fourth-order valence-electron chi connectivity index (χ4n) is 3.77. The van der Waals surface area contributed by atoms with Crippen molar-refractivity contribution in [3.63, 3.8) is 0 Å². The molecule has 4 aromatic rings. The molecule has 0 fully saturated rings. The first-order chi connectivity index (χ1) is 15.9. The SMILES string of the molecule is CC(C)n1cnnc1-c1cccc(N2Cc3ccc(-c4cc(C(=O)O)cnn4)cc3C2=O)n1. The minimum atomic E-state index is -1.09. The lowest BCUT2D eigenvalue weighted by Crippen LogP contribution is -2.24. The Labute approximate surface area is 188 Å². The van der Waals surface area contributed by atoms with Crippen molar-refractivity contribution < 1.29 is 14.7 Å². The van der Waals surface area contributed by atoms with E-state index < -0.39 is 5.97 Å². The molecule has 10 heteroatoms. The number of amides is 1. The van der Waals surface area contributed by atoms with Gasteiger partial charge in [-0.2, -0.15) is 10.2 Å². The smallest absolute Gasteiger partial charge is 0.337 e. The first-order valence-electron chi connectivity index (χ1n) is 10.3. The van der Waals surface area contributed by atoms with Gasteiger partial charge in [0, 0.05) is 17.2 Å². The summed E-state index contributed by atoms with van der Waals surface area (Å²) in [7, 11) is 0. The van der Waals surface area contributed by atoms with Crippen LogP contribution in [0.3, 0.4) is 0 Å². The van der Waals surface area contributed by atoms with E-state index in [4.69, 9.17) is 0 Å². The van der Waals surface area contributed by atoms with Crippen molar-refractivity contribution in [3.05, 3.63) is 71.7 Å². The number of fused-ring (bicyclic) bond motifs is 1. The molecule has 33 heavy (non-hydrogen) atoms. The zero-order valence-electron chi connectivity index (χ0n) is 17.9. The largest absolute Gasteiger partial charge is 0.478 e. The molecule has 5 rings (SSSR count). The van der Waals surface area contributed by atoms with Gasteiger partial charge in [0.05, 0.1) is 24.0 Å². The van der Waals surface area contributed by atoms with E-state index in [1.54, 1.807) is 29.4 Å². The van der Waals surface area contributed by atoms with E-state index in [9.17, 15) is 14.7 Å². The van der Waals surface area contributed by atoms with Crippen molar-refractivity contribution in [2.45, 2.75) is 26.4 Å². The first kappa shape index (κ1) is 20.4. The van der Waals surface area contributed by atoms with Crippen molar-refractivity contribution in [2.75, 3.05) is 4.90 Å². The molecule has 1 aliphatic heterocycles. The van der Waals surface area contributed by atoms with Crippen LogP contribution in [0.2, 0.25) is 0 Å². The van der Waals surface area contributed by atoms with Crippen LogP contribution in [-0.4, -0.2) is 46.9 Å². The van der Waals surface area contributed by atoms with Gasteiger partial charge in [0.2, 0.25) is 0 Å². The number of carboxylic acid groups (broad SMARTS) is 1. The summed E-state index contributed by atoms with van der Waals surface area (Å²) in [6.07, 6.45) is 2.85. The van der Waals surface area contributed by atoms with E-state index in [0.717, 1.165) is 5.56 Å². The van der Waals surface area contributed by atoms with Crippen LogP contribution in [0.5, 0.6) is 0 Å². The lowest BCUT2D eigenvalue weighted by molar-refractivity contribution is 0.0696. The van der Waals surface area contributed by atoms with Gasteiger partial charge in [0.1, 0.15) is 17.8 Å². The summed E-state index contributed by atoms with van der Waals surface area (Å²) >= 11 is 0. The zero-order chi connectivity index (χ0) is 23.1. The molecule has 0 bridgehead atoms. The van der Waals surface area contributed by atoms with Gasteiger partial charge in [-0.1, -0.05) is 18.2 Å². The second kappa shape index (κ2) is 7.90. The summed E-state index contributed by atoms with van der Waals surface area (Å²) in [6, 6.07) is 12.4. The number of aromatic carboxylic acids is 1. The van der Waals surface area contributed by atoms with E-state index in [1.165, 1.54) is 12.3 Å². The van der Waals surface area contributed by atoms with Gasteiger partial charge in [-0.05, 0) is 43.7 Å². The molecule has 0 radical (unpaired) electrons. The monoisotopic (exact) mass is 441 g/mol. The third-order valence-corrected chi connectivity index (χ3v) is 5.48. The first-order valence-corrected chi connectivity index (χ1v) is 10.3. The third kappa shape index (κ3) is 3.61. The van der Waals surface area contributed by atoms with Crippen molar-refractivity contribution in [2.24, 2.45) is 0 Å². The van der Waals surface area contributed by atoms with Crippen LogP contribution >= 0.6 is 0 Å². The van der Waals surface area contributed by atoms with E-state index in [1.807, 2.05) is 36.6 Å². The Morgan fingerprint density at radius 1 is 1.06 bits per heavy atom. The van der Waals surface area contributed by atoms with E-state index >= 15 is 0 Å².